The van der Waals surface area contributed by atoms with Gasteiger partial charge in [0.05, 0.1) is 0 Å². The molecule has 174 valence electrons. The molecule has 4 aliphatic carbocycles. The van der Waals surface area contributed by atoms with Crippen LogP contribution in [0.25, 0.3) is 0 Å². The van der Waals surface area contributed by atoms with Crippen LogP contribution in [0.1, 0.15) is 106 Å². The fourth-order valence-corrected chi connectivity index (χ4v) is 8.29. The number of hydrogen-bond acceptors (Lipinski definition) is 2. The summed E-state index contributed by atoms with van der Waals surface area (Å²) in [5, 5.41) is 0. The van der Waals surface area contributed by atoms with E-state index in [1.807, 2.05) is 0 Å². The largest absolute Gasteiger partial charge is 0.462 e. The van der Waals surface area contributed by atoms with Gasteiger partial charge in [-0.2, -0.15) is 0 Å². The third kappa shape index (κ3) is 4.18. The second kappa shape index (κ2) is 8.71. The lowest BCUT2D eigenvalue weighted by molar-refractivity contribution is -0.147. The summed E-state index contributed by atoms with van der Waals surface area (Å²) in [5.74, 6) is 4.04. The highest BCUT2D eigenvalue weighted by atomic mass is 16.5. The van der Waals surface area contributed by atoms with Gasteiger partial charge in [-0.15, -0.1) is 0 Å². The van der Waals surface area contributed by atoms with Gasteiger partial charge in [-0.1, -0.05) is 77.2 Å². The molecule has 0 bridgehead atoms. The Labute approximate surface area is 191 Å². The van der Waals surface area contributed by atoms with E-state index < -0.39 is 0 Å². The molecule has 0 aromatic carbocycles. The van der Waals surface area contributed by atoms with E-state index in [4.69, 9.17) is 4.74 Å². The lowest BCUT2D eigenvalue weighted by atomic mass is 9.51. The molecule has 7 atom stereocenters. The maximum atomic E-state index is 11.5. The molecule has 2 heteroatoms. The number of fused-ring (bicyclic) bond motifs is 5. The molecule has 31 heavy (non-hydrogen) atoms. The van der Waals surface area contributed by atoms with Crippen molar-refractivity contribution in [1.82, 2.24) is 0 Å². The van der Waals surface area contributed by atoms with Crippen molar-refractivity contribution in [3.8, 4) is 0 Å². The van der Waals surface area contributed by atoms with Crippen molar-refractivity contribution in [2.24, 2.45) is 40.4 Å². The molecule has 0 aromatic rings. The van der Waals surface area contributed by atoms with Crippen molar-refractivity contribution >= 4 is 5.97 Å². The van der Waals surface area contributed by atoms with Gasteiger partial charge in [0, 0.05) is 18.8 Å². The molecule has 2 saturated carbocycles. The third-order valence-electron chi connectivity index (χ3n) is 9.97. The van der Waals surface area contributed by atoms with Crippen LogP contribution in [0.5, 0.6) is 0 Å². The van der Waals surface area contributed by atoms with Crippen LogP contribution in [0.15, 0.2) is 23.3 Å². The first kappa shape index (κ1) is 23.1. The number of carbonyl (C=O) groups is 1. The molecule has 0 N–H and O–H groups in total. The summed E-state index contributed by atoms with van der Waals surface area (Å²) in [6.45, 7) is 13.9. The minimum absolute atomic E-state index is 0.0883. The average Bonchev–Trinajstić information content (AvgIpc) is 3.05. The SMILES string of the molecule is CC(=O)OC1CCC2(C)C(=CCC3C2=CCC2(C)C(C(C)CCCC(C)C)CCC32)C1. The first-order valence-corrected chi connectivity index (χ1v) is 13.2. The van der Waals surface area contributed by atoms with Crippen LogP contribution in [0.3, 0.4) is 0 Å². The molecule has 4 rings (SSSR count). The summed E-state index contributed by atoms with van der Waals surface area (Å²) in [5.41, 5.74) is 4.00. The van der Waals surface area contributed by atoms with E-state index in [-0.39, 0.29) is 17.5 Å². The van der Waals surface area contributed by atoms with Crippen molar-refractivity contribution in [1.29, 1.82) is 0 Å². The Kier molecular flexibility index (Phi) is 6.50. The number of ether oxygens (including phenoxy) is 1. The van der Waals surface area contributed by atoms with Gasteiger partial charge >= 0.3 is 5.97 Å². The number of hydrogen-bond donors (Lipinski definition) is 0. The molecule has 0 amide bonds. The molecule has 0 saturated heterocycles. The lowest BCUT2D eigenvalue weighted by Gasteiger charge is -2.54. The summed E-state index contributed by atoms with van der Waals surface area (Å²) in [6.07, 6.45) is 18.0. The summed E-state index contributed by atoms with van der Waals surface area (Å²) in [4.78, 5) is 11.5. The summed E-state index contributed by atoms with van der Waals surface area (Å²) in [6, 6.07) is 0. The van der Waals surface area contributed by atoms with Gasteiger partial charge in [-0.05, 0) is 73.5 Å². The summed E-state index contributed by atoms with van der Waals surface area (Å²) >= 11 is 0. The maximum absolute atomic E-state index is 11.5. The molecule has 0 aliphatic heterocycles. The molecule has 0 radical (unpaired) electrons. The first-order valence-electron chi connectivity index (χ1n) is 13.2. The van der Waals surface area contributed by atoms with E-state index in [1.165, 1.54) is 44.9 Å². The number of carbonyl (C=O) groups excluding carboxylic acids is 1. The standard InChI is InChI=1S/C29H46O2/c1-19(2)8-7-9-20(3)25-12-13-26-24-11-10-22-18-23(31-21(4)30)14-16-28(22,5)27(24)15-17-29(25,26)6/h10,15,19-20,23-26H,7-9,11-14,16-18H2,1-6H3. The van der Waals surface area contributed by atoms with E-state index >= 15 is 0 Å². The van der Waals surface area contributed by atoms with Crippen molar-refractivity contribution in [2.75, 3.05) is 0 Å². The van der Waals surface area contributed by atoms with Gasteiger partial charge in [-0.3, -0.25) is 4.79 Å². The first-order chi connectivity index (χ1) is 14.6. The van der Waals surface area contributed by atoms with Gasteiger partial charge in [0.15, 0.2) is 0 Å². The Morgan fingerprint density at radius 3 is 2.61 bits per heavy atom. The van der Waals surface area contributed by atoms with Crippen molar-refractivity contribution in [3.63, 3.8) is 0 Å². The van der Waals surface area contributed by atoms with E-state index in [0.29, 0.717) is 5.41 Å². The monoisotopic (exact) mass is 426 g/mol. The van der Waals surface area contributed by atoms with Crippen molar-refractivity contribution < 1.29 is 9.53 Å². The molecule has 4 aliphatic rings. The Morgan fingerprint density at radius 1 is 1.13 bits per heavy atom. The van der Waals surface area contributed by atoms with Crippen LogP contribution in [-0.2, 0) is 9.53 Å². The van der Waals surface area contributed by atoms with E-state index in [0.717, 1.165) is 48.9 Å². The molecule has 0 heterocycles. The molecule has 0 spiro atoms. The summed E-state index contributed by atoms with van der Waals surface area (Å²) < 4.78 is 5.59. The lowest BCUT2D eigenvalue weighted by Crippen LogP contribution is -2.45. The second-order valence-electron chi connectivity index (χ2n) is 12.3. The van der Waals surface area contributed by atoms with E-state index in [1.54, 1.807) is 18.1 Å². The highest BCUT2D eigenvalue weighted by Crippen LogP contribution is 2.65. The average molecular weight is 427 g/mol. The smallest absolute Gasteiger partial charge is 0.302 e. The predicted octanol–water partition coefficient (Wildman–Crippen LogP) is 7.88. The van der Waals surface area contributed by atoms with Gasteiger partial charge in [-0.25, -0.2) is 0 Å². The Balaban J connectivity index is 1.50. The van der Waals surface area contributed by atoms with Crippen LogP contribution < -0.4 is 0 Å². The van der Waals surface area contributed by atoms with Crippen LogP contribution >= 0.6 is 0 Å². The Bertz CT molecular complexity index is 746. The zero-order valence-electron chi connectivity index (χ0n) is 21.0. The minimum Gasteiger partial charge on any atom is -0.462 e. The minimum atomic E-state index is -0.130. The molecular weight excluding hydrogens is 380 g/mol. The Morgan fingerprint density at radius 2 is 1.90 bits per heavy atom. The molecule has 2 nitrogen and oxygen atoms in total. The molecule has 2 fully saturated rings. The molecule has 7 unspecified atom stereocenters. The normalized spacial score (nSPS) is 40.4. The van der Waals surface area contributed by atoms with Crippen LogP contribution in [0, 0.1) is 40.4 Å². The zero-order chi connectivity index (χ0) is 22.4. The van der Waals surface area contributed by atoms with Crippen LogP contribution in [0.4, 0.5) is 0 Å². The van der Waals surface area contributed by atoms with E-state index in [2.05, 4.69) is 46.8 Å². The number of esters is 1. The highest BCUT2D eigenvalue weighted by Gasteiger charge is 2.56. The highest BCUT2D eigenvalue weighted by molar-refractivity contribution is 5.66. The maximum Gasteiger partial charge on any atom is 0.302 e. The predicted molar refractivity (Wildman–Crippen MR) is 129 cm³/mol. The van der Waals surface area contributed by atoms with Crippen LogP contribution in [0.2, 0.25) is 0 Å². The van der Waals surface area contributed by atoms with Crippen LogP contribution in [-0.4, -0.2) is 12.1 Å². The van der Waals surface area contributed by atoms with Gasteiger partial charge < -0.3 is 4.74 Å². The third-order valence-corrected chi connectivity index (χ3v) is 9.97. The second-order valence-corrected chi connectivity index (χ2v) is 12.3. The summed E-state index contributed by atoms with van der Waals surface area (Å²) in [7, 11) is 0. The number of allylic oxidation sites excluding steroid dienone is 3. The molecular formula is C29H46O2. The van der Waals surface area contributed by atoms with Gasteiger partial charge in [0.2, 0.25) is 0 Å². The Hall–Kier alpha value is -1.05. The van der Waals surface area contributed by atoms with Gasteiger partial charge in [0.1, 0.15) is 6.10 Å². The fraction of sp³-hybridized carbons (Fsp3) is 0.828. The fourth-order valence-electron chi connectivity index (χ4n) is 8.29. The van der Waals surface area contributed by atoms with Crippen molar-refractivity contribution in [2.45, 2.75) is 112 Å². The quantitative estimate of drug-likeness (QED) is 0.319. The zero-order valence-corrected chi connectivity index (χ0v) is 21.0. The number of rotatable bonds is 6. The van der Waals surface area contributed by atoms with Crippen molar-refractivity contribution in [3.05, 3.63) is 23.3 Å². The van der Waals surface area contributed by atoms with E-state index in [9.17, 15) is 4.79 Å². The molecule has 0 aromatic heterocycles. The topological polar surface area (TPSA) is 26.3 Å². The van der Waals surface area contributed by atoms with Gasteiger partial charge in [0.25, 0.3) is 0 Å².